The molecule has 7 nitrogen and oxygen atoms in total. The first kappa shape index (κ1) is 26.0. The van der Waals surface area contributed by atoms with Crippen LogP contribution in [0.3, 0.4) is 0 Å². The smallest absolute Gasteiger partial charge is 0.408 e. The lowest BCUT2D eigenvalue weighted by Crippen LogP contribution is -2.63. The van der Waals surface area contributed by atoms with Crippen molar-refractivity contribution in [3.63, 3.8) is 0 Å². The molecule has 0 aliphatic carbocycles. The van der Waals surface area contributed by atoms with E-state index in [9.17, 15) is 28.3 Å². The fourth-order valence-electron chi connectivity index (χ4n) is 5.56. The van der Waals surface area contributed by atoms with Gasteiger partial charge in [-0.25, -0.2) is 13.6 Å². The number of nitrogens with zero attached hydrogens (tertiary/aromatic N) is 2. The highest BCUT2D eigenvalue weighted by Gasteiger charge is 2.56. The number of halogens is 3. The van der Waals surface area contributed by atoms with E-state index in [1.54, 1.807) is 17.9 Å². The number of carbonyl (C=O) groups is 3. The molecule has 36 heavy (non-hydrogen) atoms. The second-order valence-corrected chi connectivity index (χ2v) is 9.65. The van der Waals surface area contributed by atoms with Gasteiger partial charge in [-0.15, -0.1) is 0 Å². The molecule has 0 spiro atoms. The summed E-state index contributed by atoms with van der Waals surface area (Å²) in [5, 5.41) is 13.2. The Morgan fingerprint density at radius 2 is 1.81 bits per heavy atom. The Bertz CT molecular complexity index is 1150. The number of nitrogens with one attached hydrogen (secondary N) is 1. The Morgan fingerprint density at radius 3 is 2.39 bits per heavy atom. The number of hydrogen-bond acceptors (Lipinski definition) is 4. The highest BCUT2D eigenvalue weighted by Crippen LogP contribution is 2.42. The second kappa shape index (κ2) is 10.5. The molecule has 192 valence electrons. The van der Waals surface area contributed by atoms with Gasteiger partial charge in [-0.05, 0) is 61.7 Å². The Labute approximate surface area is 213 Å². The molecule has 0 unspecified atom stereocenters. The lowest BCUT2D eigenvalue weighted by atomic mass is 9.71. The molecular formula is C26H28ClF2N3O4. The van der Waals surface area contributed by atoms with Crippen LogP contribution in [0.2, 0.25) is 5.02 Å². The van der Waals surface area contributed by atoms with Crippen molar-refractivity contribution in [1.82, 2.24) is 15.1 Å². The zero-order chi connectivity index (χ0) is 26.0. The van der Waals surface area contributed by atoms with Gasteiger partial charge in [0.15, 0.2) is 5.78 Å². The van der Waals surface area contributed by atoms with E-state index in [0.29, 0.717) is 43.6 Å². The van der Waals surface area contributed by atoms with Gasteiger partial charge in [0, 0.05) is 50.1 Å². The van der Waals surface area contributed by atoms with Gasteiger partial charge < -0.3 is 15.3 Å². The monoisotopic (exact) mass is 519 g/mol. The van der Waals surface area contributed by atoms with Gasteiger partial charge in [0.25, 0.3) is 5.91 Å². The predicted octanol–water partition coefficient (Wildman–Crippen LogP) is 4.17. The summed E-state index contributed by atoms with van der Waals surface area (Å²) in [6.07, 6.45) is -0.489. The van der Waals surface area contributed by atoms with Crippen molar-refractivity contribution in [3.05, 3.63) is 70.2 Å². The molecule has 2 heterocycles. The molecule has 10 heteroatoms. The molecule has 0 aromatic heterocycles. The van der Waals surface area contributed by atoms with E-state index >= 15 is 0 Å². The van der Waals surface area contributed by atoms with Crippen molar-refractivity contribution in [2.24, 2.45) is 5.92 Å². The molecule has 2 aliphatic heterocycles. The highest BCUT2D eigenvalue weighted by molar-refractivity contribution is 6.30. The molecule has 0 bridgehead atoms. The number of Topliss-reactive ketones (excluding diaryl/α,β-unsaturated/α-hetero) is 1. The summed E-state index contributed by atoms with van der Waals surface area (Å²) in [4.78, 5) is 42.0. The van der Waals surface area contributed by atoms with Crippen LogP contribution < -0.4 is 5.32 Å². The topological polar surface area (TPSA) is 90.0 Å². The Morgan fingerprint density at radius 1 is 1.14 bits per heavy atom. The molecule has 0 radical (unpaired) electrons. The third kappa shape index (κ3) is 4.69. The minimum atomic E-state index is -1.42. The minimum Gasteiger partial charge on any atom is -0.465 e. The number of likely N-dealkylation sites (N-methyl/N-ethyl adjacent to an activating group) is 1. The van der Waals surface area contributed by atoms with Gasteiger partial charge >= 0.3 is 6.09 Å². The number of benzene rings is 2. The molecule has 0 saturated carbocycles. The third-order valence-corrected chi connectivity index (χ3v) is 7.67. The first-order chi connectivity index (χ1) is 17.2. The maximum absolute atomic E-state index is 14.3. The van der Waals surface area contributed by atoms with Gasteiger partial charge in [-0.1, -0.05) is 17.7 Å². The Balaban J connectivity index is 1.60. The van der Waals surface area contributed by atoms with E-state index in [4.69, 9.17) is 11.6 Å². The maximum atomic E-state index is 14.3. The van der Waals surface area contributed by atoms with Gasteiger partial charge in [0.2, 0.25) is 0 Å². The van der Waals surface area contributed by atoms with Crippen molar-refractivity contribution >= 4 is 29.4 Å². The summed E-state index contributed by atoms with van der Waals surface area (Å²) in [5.74, 6) is -2.62. The zero-order valence-corrected chi connectivity index (χ0v) is 20.6. The lowest BCUT2D eigenvalue weighted by Gasteiger charge is -2.44. The number of amides is 2. The molecule has 2 aromatic rings. The molecule has 2 N–H and O–H groups in total. The van der Waals surface area contributed by atoms with E-state index < -0.39 is 35.1 Å². The van der Waals surface area contributed by atoms with Crippen LogP contribution in [0.1, 0.15) is 41.6 Å². The van der Waals surface area contributed by atoms with Crippen LogP contribution >= 0.6 is 11.6 Å². The van der Waals surface area contributed by atoms with Crippen molar-refractivity contribution in [1.29, 1.82) is 0 Å². The van der Waals surface area contributed by atoms with E-state index in [1.165, 1.54) is 36.4 Å². The largest absolute Gasteiger partial charge is 0.465 e. The Hall–Kier alpha value is -3.04. The van der Waals surface area contributed by atoms with E-state index in [0.717, 1.165) is 4.90 Å². The molecule has 2 aromatic carbocycles. The SMILES string of the molecule is CCN(C(=O)O)[C@]1(C(=O)C2CCN(C(=O)c3ccc(F)cc3)CC2)CNC[C@H]1c1ccc(Cl)c(F)c1. The summed E-state index contributed by atoms with van der Waals surface area (Å²) in [7, 11) is 0. The van der Waals surface area contributed by atoms with E-state index in [2.05, 4.69) is 5.32 Å². The standard InChI is InChI=1S/C26H28ClF2N3O4/c1-2-32(25(35)36)26(15-30-14-20(26)18-5-8-21(27)22(29)13-18)23(33)16-9-11-31(12-10-16)24(34)17-3-6-19(28)7-4-17/h3-8,13,16,20,30H,2,9-12,14-15H2,1H3,(H,35,36)/t20-,26+/m0/s1. The van der Waals surface area contributed by atoms with Crippen LogP contribution in [0.15, 0.2) is 42.5 Å². The van der Waals surface area contributed by atoms with Crippen LogP contribution in [0.4, 0.5) is 13.6 Å². The number of piperidine rings is 1. The van der Waals surface area contributed by atoms with Gasteiger partial charge in [-0.3, -0.25) is 14.5 Å². The predicted molar refractivity (Wildman–Crippen MR) is 130 cm³/mol. The molecule has 2 amide bonds. The lowest BCUT2D eigenvalue weighted by molar-refractivity contribution is -0.135. The van der Waals surface area contributed by atoms with Crippen LogP contribution in [-0.2, 0) is 4.79 Å². The van der Waals surface area contributed by atoms with E-state index in [1.807, 2.05) is 0 Å². The molecule has 2 saturated heterocycles. The van der Waals surface area contributed by atoms with Crippen molar-refractivity contribution in [2.45, 2.75) is 31.2 Å². The summed E-state index contributed by atoms with van der Waals surface area (Å²) < 4.78 is 27.6. The summed E-state index contributed by atoms with van der Waals surface area (Å²) in [6, 6.07) is 9.62. The molecular weight excluding hydrogens is 492 g/mol. The quantitative estimate of drug-likeness (QED) is 0.598. The van der Waals surface area contributed by atoms with Crippen molar-refractivity contribution in [2.75, 3.05) is 32.7 Å². The van der Waals surface area contributed by atoms with Crippen molar-refractivity contribution < 1.29 is 28.3 Å². The zero-order valence-electron chi connectivity index (χ0n) is 19.8. The summed E-state index contributed by atoms with van der Waals surface area (Å²) in [6.45, 7) is 2.79. The fourth-order valence-corrected chi connectivity index (χ4v) is 5.68. The Kier molecular flexibility index (Phi) is 7.61. The van der Waals surface area contributed by atoms with Gasteiger partial charge in [0.05, 0.1) is 5.02 Å². The van der Waals surface area contributed by atoms with Crippen LogP contribution in [0.5, 0.6) is 0 Å². The number of rotatable bonds is 6. The maximum Gasteiger partial charge on any atom is 0.408 e. The number of ketones is 1. The minimum absolute atomic E-state index is 0.0505. The fraction of sp³-hybridized carbons (Fsp3) is 0.423. The first-order valence-corrected chi connectivity index (χ1v) is 12.3. The number of carboxylic acid groups (broad SMARTS) is 1. The second-order valence-electron chi connectivity index (χ2n) is 9.25. The number of carbonyl (C=O) groups excluding carboxylic acids is 2. The molecule has 2 aliphatic rings. The average molecular weight is 520 g/mol. The summed E-state index contributed by atoms with van der Waals surface area (Å²) >= 11 is 5.86. The molecule has 2 atom stereocenters. The van der Waals surface area contributed by atoms with E-state index in [-0.39, 0.29) is 29.8 Å². The van der Waals surface area contributed by atoms with Crippen LogP contribution in [-0.4, -0.2) is 71.0 Å². The summed E-state index contributed by atoms with van der Waals surface area (Å²) in [5.41, 5.74) is -0.557. The van der Waals surface area contributed by atoms with Crippen LogP contribution in [0, 0.1) is 17.6 Å². The number of likely N-dealkylation sites (tertiary alicyclic amines) is 1. The molecule has 4 rings (SSSR count). The number of hydrogen-bond donors (Lipinski definition) is 2. The van der Waals surface area contributed by atoms with Gasteiger partial charge in [0.1, 0.15) is 17.2 Å². The average Bonchev–Trinajstić information content (AvgIpc) is 3.31. The highest BCUT2D eigenvalue weighted by atomic mass is 35.5. The third-order valence-electron chi connectivity index (χ3n) is 7.37. The first-order valence-electron chi connectivity index (χ1n) is 11.9. The van der Waals surface area contributed by atoms with Gasteiger partial charge in [-0.2, -0.15) is 0 Å². The molecule has 2 fully saturated rings. The normalized spacial score (nSPS) is 22.4. The van der Waals surface area contributed by atoms with Crippen molar-refractivity contribution in [3.8, 4) is 0 Å². The van der Waals surface area contributed by atoms with Crippen LogP contribution in [0.25, 0.3) is 0 Å².